The van der Waals surface area contributed by atoms with E-state index in [1.807, 2.05) is 0 Å². The highest BCUT2D eigenvalue weighted by Crippen LogP contribution is 2.16. The number of carbonyl (C=O) groups excluding carboxylic acids is 1. The van der Waals surface area contributed by atoms with Crippen LogP contribution in [0.3, 0.4) is 0 Å². The van der Waals surface area contributed by atoms with Crippen LogP contribution in [-0.4, -0.2) is 21.6 Å². The Morgan fingerprint density at radius 2 is 2.12 bits per heavy atom. The van der Waals surface area contributed by atoms with Crippen LogP contribution in [0.4, 0.5) is 16.2 Å². The van der Waals surface area contributed by atoms with E-state index in [4.69, 9.17) is 4.74 Å². The fourth-order valence-corrected chi connectivity index (χ4v) is 1.02. The van der Waals surface area contributed by atoms with Gasteiger partial charge in [-0.25, -0.2) is 4.79 Å². The number of hydrogen-bond acceptors (Lipinski definition) is 5. The Balaban J connectivity index is 2.72. The lowest BCUT2D eigenvalue weighted by molar-refractivity contribution is -0.385. The highest BCUT2D eigenvalue weighted by Gasteiger charge is 2.17. The molecule has 0 unspecified atom stereocenters. The van der Waals surface area contributed by atoms with Crippen LogP contribution in [0.2, 0.25) is 0 Å². The van der Waals surface area contributed by atoms with Crippen LogP contribution in [0.15, 0.2) is 18.5 Å². The van der Waals surface area contributed by atoms with Gasteiger partial charge in [0.05, 0.1) is 16.8 Å². The molecule has 0 spiro atoms. The average Bonchev–Trinajstić information content (AvgIpc) is 2.14. The third-order valence-corrected chi connectivity index (χ3v) is 1.58. The van der Waals surface area contributed by atoms with Crippen LogP contribution in [0, 0.1) is 10.1 Å². The second-order valence-electron chi connectivity index (χ2n) is 4.32. The van der Waals surface area contributed by atoms with Crippen molar-refractivity contribution < 1.29 is 14.5 Å². The van der Waals surface area contributed by atoms with Gasteiger partial charge in [0.2, 0.25) is 0 Å². The lowest BCUT2D eigenvalue weighted by atomic mass is 10.2. The molecule has 92 valence electrons. The predicted molar refractivity (Wildman–Crippen MR) is 60.7 cm³/mol. The summed E-state index contributed by atoms with van der Waals surface area (Å²) in [6.07, 6.45) is 1.72. The molecule has 17 heavy (non-hydrogen) atoms. The van der Waals surface area contributed by atoms with Gasteiger partial charge in [-0.2, -0.15) is 0 Å². The molecule has 0 fully saturated rings. The molecule has 1 rings (SSSR count). The molecule has 0 saturated carbocycles. The smallest absolute Gasteiger partial charge is 0.412 e. The van der Waals surface area contributed by atoms with E-state index in [1.54, 1.807) is 20.8 Å². The van der Waals surface area contributed by atoms with E-state index >= 15 is 0 Å². The summed E-state index contributed by atoms with van der Waals surface area (Å²) in [5, 5.41) is 12.9. The summed E-state index contributed by atoms with van der Waals surface area (Å²) < 4.78 is 4.99. The first kappa shape index (κ1) is 12.9. The number of nitrogens with zero attached hydrogens (tertiary/aromatic N) is 2. The monoisotopic (exact) mass is 239 g/mol. The van der Waals surface area contributed by atoms with Crippen molar-refractivity contribution in [3.63, 3.8) is 0 Å². The van der Waals surface area contributed by atoms with Crippen molar-refractivity contribution in [1.29, 1.82) is 0 Å². The van der Waals surface area contributed by atoms with E-state index < -0.39 is 16.6 Å². The average molecular weight is 239 g/mol. The molecule has 0 aliphatic heterocycles. The van der Waals surface area contributed by atoms with E-state index in [1.165, 1.54) is 12.3 Å². The third-order valence-electron chi connectivity index (χ3n) is 1.58. The number of anilines is 1. The minimum atomic E-state index is -0.681. The Bertz CT molecular complexity index is 439. The van der Waals surface area contributed by atoms with E-state index in [2.05, 4.69) is 10.3 Å². The topological polar surface area (TPSA) is 94.4 Å². The molecule has 1 amide bonds. The van der Waals surface area contributed by atoms with Gasteiger partial charge in [0, 0.05) is 6.07 Å². The Labute approximate surface area is 98.0 Å². The summed E-state index contributed by atoms with van der Waals surface area (Å²) in [5.74, 6) is 0. The SMILES string of the molecule is CC(C)(C)OC(=O)Nc1cncc([N+](=O)[O-])c1. The van der Waals surface area contributed by atoms with E-state index in [0.717, 1.165) is 6.20 Å². The molecule has 0 aliphatic rings. The van der Waals surface area contributed by atoms with Crippen LogP contribution in [0.5, 0.6) is 0 Å². The standard InChI is InChI=1S/C10H13N3O4/c1-10(2,3)17-9(14)12-7-4-8(13(15)16)6-11-5-7/h4-6H,1-3H3,(H,12,14). The minimum Gasteiger partial charge on any atom is -0.444 e. The number of amides is 1. The number of ether oxygens (including phenoxy) is 1. The molecule has 7 heteroatoms. The van der Waals surface area contributed by atoms with Gasteiger partial charge in [0.15, 0.2) is 0 Å². The maximum Gasteiger partial charge on any atom is 0.412 e. The fraction of sp³-hybridized carbons (Fsp3) is 0.400. The van der Waals surface area contributed by atoms with Crippen molar-refractivity contribution in [3.8, 4) is 0 Å². The highest BCUT2D eigenvalue weighted by molar-refractivity contribution is 5.85. The third kappa shape index (κ3) is 4.45. The summed E-state index contributed by atoms with van der Waals surface area (Å²) >= 11 is 0. The van der Waals surface area contributed by atoms with E-state index in [9.17, 15) is 14.9 Å². The molecular formula is C10H13N3O4. The van der Waals surface area contributed by atoms with Crippen LogP contribution in [-0.2, 0) is 4.74 Å². The molecule has 1 N–H and O–H groups in total. The summed E-state index contributed by atoms with van der Waals surface area (Å²) in [6, 6.07) is 1.21. The normalized spacial score (nSPS) is 10.8. The maximum atomic E-state index is 11.4. The van der Waals surface area contributed by atoms with Crippen LogP contribution in [0.1, 0.15) is 20.8 Å². The zero-order valence-electron chi connectivity index (χ0n) is 9.76. The molecule has 0 saturated heterocycles. The van der Waals surface area contributed by atoms with Crippen molar-refractivity contribution in [3.05, 3.63) is 28.6 Å². The summed E-state index contributed by atoms with van der Waals surface area (Å²) in [6.45, 7) is 5.16. The quantitative estimate of drug-likeness (QED) is 0.631. The predicted octanol–water partition coefficient (Wildman–Crippen LogP) is 2.34. The molecule has 0 bridgehead atoms. The number of aromatic nitrogens is 1. The Hall–Kier alpha value is -2.18. The van der Waals surface area contributed by atoms with E-state index in [-0.39, 0.29) is 11.4 Å². The van der Waals surface area contributed by atoms with Gasteiger partial charge in [-0.15, -0.1) is 0 Å². The lowest BCUT2D eigenvalue weighted by Gasteiger charge is -2.19. The summed E-state index contributed by atoms with van der Waals surface area (Å²) in [5.41, 5.74) is -0.606. The number of nitrogens with one attached hydrogen (secondary N) is 1. The van der Waals surface area contributed by atoms with Gasteiger partial charge >= 0.3 is 6.09 Å². The number of hydrogen-bond donors (Lipinski definition) is 1. The van der Waals surface area contributed by atoms with Gasteiger partial charge < -0.3 is 4.74 Å². The number of carbonyl (C=O) groups is 1. The molecule has 1 aromatic rings. The summed E-state index contributed by atoms with van der Waals surface area (Å²) in [7, 11) is 0. The second kappa shape index (κ2) is 4.77. The molecule has 0 aliphatic carbocycles. The Morgan fingerprint density at radius 3 is 2.65 bits per heavy atom. The first-order valence-corrected chi connectivity index (χ1v) is 4.87. The molecule has 1 heterocycles. The van der Waals surface area contributed by atoms with Crippen molar-refractivity contribution in [1.82, 2.24) is 4.98 Å². The molecule has 0 atom stereocenters. The molecular weight excluding hydrogens is 226 g/mol. The second-order valence-corrected chi connectivity index (χ2v) is 4.32. The molecule has 7 nitrogen and oxygen atoms in total. The molecule has 1 aromatic heterocycles. The fourth-order valence-electron chi connectivity index (χ4n) is 1.02. The zero-order valence-corrected chi connectivity index (χ0v) is 9.76. The largest absolute Gasteiger partial charge is 0.444 e. The highest BCUT2D eigenvalue weighted by atomic mass is 16.6. The first-order chi connectivity index (χ1) is 7.78. The van der Waals surface area contributed by atoms with Crippen LogP contribution >= 0.6 is 0 Å². The first-order valence-electron chi connectivity index (χ1n) is 4.87. The van der Waals surface area contributed by atoms with Crippen molar-refractivity contribution in [2.24, 2.45) is 0 Å². The minimum absolute atomic E-state index is 0.196. The van der Waals surface area contributed by atoms with Gasteiger partial charge in [0.1, 0.15) is 11.8 Å². The number of nitro groups is 1. The molecule has 0 radical (unpaired) electrons. The van der Waals surface area contributed by atoms with Crippen molar-refractivity contribution >= 4 is 17.5 Å². The zero-order chi connectivity index (χ0) is 13.1. The number of pyridine rings is 1. The van der Waals surface area contributed by atoms with Gasteiger partial charge in [-0.3, -0.25) is 20.4 Å². The van der Waals surface area contributed by atoms with Gasteiger partial charge in [-0.1, -0.05) is 0 Å². The van der Waals surface area contributed by atoms with Crippen molar-refractivity contribution in [2.45, 2.75) is 26.4 Å². The van der Waals surface area contributed by atoms with Gasteiger partial charge in [-0.05, 0) is 20.8 Å². The van der Waals surface area contributed by atoms with Crippen LogP contribution in [0.25, 0.3) is 0 Å². The van der Waals surface area contributed by atoms with Gasteiger partial charge in [0.25, 0.3) is 5.69 Å². The van der Waals surface area contributed by atoms with Crippen molar-refractivity contribution in [2.75, 3.05) is 5.32 Å². The van der Waals surface area contributed by atoms with E-state index in [0.29, 0.717) is 0 Å². The Kier molecular flexibility index (Phi) is 3.62. The van der Waals surface area contributed by atoms with Crippen LogP contribution < -0.4 is 5.32 Å². The maximum absolute atomic E-state index is 11.4. The Morgan fingerprint density at radius 1 is 1.47 bits per heavy atom. The molecule has 0 aromatic carbocycles. The number of rotatable bonds is 2. The summed E-state index contributed by atoms with van der Waals surface area (Å²) in [4.78, 5) is 24.9. The lowest BCUT2D eigenvalue weighted by Crippen LogP contribution is -2.27.